The maximum absolute atomic E-state index is 9.48. The molecule has 0 saturated carbocycles. The highest BCUT2D eigenvalue weighted by Crippen LogP contribution is 2.32. The lowest BCUT2D eigenvalue weighted by Gasteiger charge is -1.97. The SMILES string of the molecule is Oc1ccc2occ(-c3ccccc3)c2c1. The molecule has 0 amide bonds. The summed E-state index contributed by atoms with van der Waals surface area (Å²) in [6.45, 7) is 0. The minimum Gasteiger partial charge on any atom is -0.508 e. The minimum atomic E-state index is 0.256. The van der Waals surface area contributed by atoms with Gasteiger partial charge >= 0.3 is 0 Å². The number of fused-ring (bicyclic) bond motifs is 1. The molecule has 3 rings (SSSR count). The molecule has 2 heteroatoms. The van der Waals surface area contributed by atoms with Crippen LogP contribution in [0.4, 0.5) is 0 Å². The molecule has 0 radical (unpaired) electrons. The first-order chi connectivity index (χ1) is 7.84. The predicted molar refractivity (Wildman–Crippen MR) is 63.3 cm³/mol. The van der Waals surface area contributed by atoms with Gasteiger partial charge in [-0.05, 0) is 23.8 Å². The summed E-state index contributed by atoms with van der Waals surface area (Å²) < 4.78 is 5.45. The van der Waals surface area contributed by atoms with Gasteiger partial charge in [0.15, 0.2) is 0 Å². The van der Waals surface area contributed by atoms with Crippen molar-refractivity contribution in [2.24, 2.45) is 0 Å². The Bertz CT molecular complexity index is 624. The molecular formula is C14H10O2. The fourth-order valence-corrected chi connectivity index (χ4v) is 1.86. The van der Waals surface area contributed by atoms with Gasteiger partial charge < -0.3 is 9.52 Å². The van der Waals surface area contributed by atoms with Crippen molar-refractivity contribution in [1.82, 2.24) is 0 Å². The maximum atomic E-state index is 9.48. The molecule has 3 aromatic rings. The molecule has 0 bridgehead atoms. The highest BCUT2D eigenvalue weighted by Gasteiger charge is 2.07. The zero-order valence-corrected chi connectivity index (χ0v) is 8.55. The predicted octanol–water partition coefficient (Wildman–Crippen LogP) is 3.81. The van der Waals surface area contributed by atoms with E-state index in [1.165, 1.54) is 0 Å². The number of phenolic OH excluding ortho intramolecular Hbond substituents is 1. The normalized spacial score (nSPS) is 10.8. The molecule has 1 heterocycles. The number of aromatic hydroxyl groups is 1. The van der Waals surface area contributed by atoms with Crippen LogP contribution >= 0.6 is 0 Å². The number of benzene rings is 2. The van der Waals surface area contributed by atoms with Gasteiger partial charge in [-0.25, -0.2) is 0 Å². The van der Waals surface area contributed by atoms with Crippen molar-refractivity contribution in [3.63, 3.8) is 0 Å². The number of hydrogen-bond acceptors (Lipinski definition) is 2. The Hall–Kier alpha value is -2.22. The van der Waals surface area contributed by atoms with Crippen LogP contribution in [0.1, 0.15) is 0 Å². The summed E-state index contributed by atoms with van der Waals surface area (Å²) in [5, 5.41) is 10.4. The Labute approximate surface area is 92.8 Å². The van der Waals surface area contributed by atoms with Crippen LogP contribution in [0.3, 0.4) is 0 Å². The molecule has 0 aliphatic heterocycles. The topological polar surface area (TPSA) is 33.4 Å². The minimum absolute atomic E-state index is 0.256. The molecule has 0 spiro atoms. The van der Waals surface area contributed by atoms with Crippen LogP contribution in [0, 0.1) is 0 Å². The molecule has 1 aromatic heterocycles. The first-order valence-corrected chi connectivity index (χ1v) is 5.10. The summed E-state index contributed by atoms with van der Waals surface area (Å²) in [5.41, 5.74) is 2.88. The summed E-state index contributed by atoms with van der Waals surface area (Å²) in [7, 11) is 0. The highest BCUT2D eigenvalue weighted by atomic mass is 16.3. The summed E-state index contributed by atoms with van der Waals surface area (Å²) >= 11 is 0. The standard InChI is InChI=1S/C14H10O2/c15-11-6-7-14-12(8-11)13(9-16-14)10-4-2-1-3-5-10/h1-9,15H. The zero-order valence-electron chi connectivity index (χ0n) is 8.55. The summed E-state index contributed by atoms with van der Waals surface area (Å²) in [5.74, 6) is 0.256. The van der Waals surface area contributed by atoms with Crippen molar-refractivity contribution >= 4 is 11.0 Å². The van der Waals surface area contributed by atoms with E-state index in [4.69, 9.17) is 4.42 Å². The largest absolute Gasteiger partial charge is 0.508 e. The van der Waals surface area contributed by atoms with Crippen LogP contribution in [0.5, 0.6) is 5.75 Å². The van der Waals surface area contributed by atoms with E-state index in [0.717, 1.165) is 22.1 Å². The van der Waals surface area contributed by atoms with E-state index in [-0.39, 0.29) is 5.75 Å². The van der Waals surface area contributed by atoms with E-state index in [1.54, 1.807) is 24.5 Å². The fourth-order valence-electron chi connectivity index (χ4n) is 1.86. The summed E-state index contributed by atoms with van der Waals surface area (Å²) in [4.78, 5) is 0. The molecule has 0 atom stereocenters. The number of hydrogen-bond donors (Lipinski definition) is 1. The lowest BCUT2D eigenvalue weighted by Crippen LogP contribution is -1.73. The maximum Gasteiger partial charge on any atom is 0.134 e. The second-order valence-corrected chi connectivity index (χ2v) is 3.70. The molecule has 16 heavy (non-hydrogen) atoms. The van der Waals surface area contributed by atoms with Crippen LogP contribution < -0.4 is 0 Å². The van der Waals surface area contributed by atoms with E-state index >= 15 is 0 Å². The van der Waals surface area contributed by atoms with Crippen LogP contribution in [-0.2, 0) is 0 Å². The summed E-state index contributed by atoms with van der Waals surface area (Å²) in [6.07, 6.45) is 1.72. The first-order valence-electron chi connectivity index (χ1n) is 5.10. The Morgan fingerprint density at radius 1 is 0.938 bits per heavy atom. The van der Waals surface area contributed by atoms with Gasteiger partial charge in [0, 0.05) is 10.9 Å². The second kappa shape index (κ2) is 3.42. The third-order valence-electron chi connectivity index (χ3n) is 2.64. The monoisotopic (exact) mass is 210 g/mol. The Balaban J connectivity index is 2.29. The van der Waals surface area contributed by atoms with Crippen LogP contribution in [0.15, 0.2) is 59.2 Å². The van der Waals surface area contributed by atoms with E-state index < -0.39 is 0 Å². The van der Waals surface area contributed by atoms with Crippen LogP contribution in [0.2, 0.25) is 0 Å². The molecule has 0 unspecified atom stereocenters. The Morgan fingerprint density at radius 2 is 1.75 bits per heavy atom. The highest BCUT2D eigenvalue weighted by molar-refractivity contribution is 5.94. The third kappa shape index (κ3) is 1.36. The van der Waals surface area contributed by atoms with Gasteiger partial charge in [0.05, 0.1) is 6.26 Å². The first kappa shape index (κ1) is 9.04. The quantitative estimate of drug-likeness (QED) is 0.662. The van der Waals surface area contributed by atoms with Crippen LogP contribution in [-0.4, -0.2) is 5.11 Å². The molecular weight excluding hydrogens is 200 g/mol. The molecule has 2 aromatic carbocycles. The second-order valence-electron chi connectivity index (χ2n) is 3.70. The molecule has 0 aliphatic carbocycles. The molecule has 0 saturated heterocycles. The Kier molecular flexibility index (Phi) is 1.93. The van der Waals surface area contributed by atoms with E-state index in [2.05, 4.69) is 0 Å². The van der Waals surface area contributed by atoms with Gasteiger partial charge in [-0.15, -0.1) is 0 Å². The van der Waals surface area contributed by atoms with Gasteiger partial charge in [0.1, 0.15) is 11.3 Å². The van der Waals surface area contributed by atoms with Crippen molar-refractivity contribution in [3.05, 3.63) is 54.8 Å². The van der Waals surface area contributed by atoms with Crippen LogP contribution in [0.25, 0.3) is 22.1 Å². The number of furan rings is 1. The van der Waals surface area contributed by atoms with E-state index in [1.807, 2.05) is 30.3 Å². The van der Waals surface area contributed by atoms with Gasteiger partial charge in [0.2, 0.25) is 0 Å². The van der Waals surface area contributed by atoms with Gasteiger partial charge in [0.25, 0.3) is 0 Å². The van der Waals surface area contributed by atoms with Crippen molar-refractivity contribution in [3.8, 4) is 16.9 Å². The Morgan fingerprint density at radius 3 is 2.56 bits per heavy atom. The van der Waals surface area contributed by atoms with Crippen molar-refractivity contribution < 1.29 is 9.52 Å². The van der Waals surface area contributed by atoms with Gasteiger partial charge in [-0.1, -0.05) is 30.3 Å². The average Bonchev–Trinajstić information content (AvgIpc) is 2.73. The van der Waals surface area contributed by atoms with Crippen molar-refractivity contribution in [2.45, 2.75) is 0 Å². The molecule has 2 nitrogen and oxygen atoms in total. The lowest BCUT2D eigenvalue weighted by atomic mass is 10.1. The van der Waals surface area contributed by atoms with Crippen molar-refractivity contribution in [2.75, 3.05) is 0 Å². The smallest absolute Gasteiger partial charge is 0.134 e. The number of phenols is 1. The fraction of sp³-hybridized carbons (Fsp3) is 0. The molecule has 0 fully saturated rings. The third-order valence-corrected chi connectivity index (χ3v) is 2.64. The molecule has 1 N–H and O–H groups in total. The molecule has 0 aliphatic rings. The average molecular weight is 210 g/mol. The summed E-state index contributed by atoms with van der Waals surface area (Å²) in [6, 6.07) is 15.1. The van der Waals surface area contributed by atoms with Gasteiger partial charge in [-0.2, -0.15) is 0 Å². The lowest BCUT2D eigenvalue weighted by molar-refractivity contribution is 0.476. The van der Waals surface area contributed by atoms with Crippen molar-refractivity contribution in [1.29, 1.82) is 0 Å². The van der Waals surface area contributed by atoms with E-state index in [0.29, 0.717) is 0 Å². The van der Waals surface area contributed by atoms with E-state index in [9.17, 15) is 5.11 Å². The number of rotatable bonds is 1. The zero-order chi connectivity index (χ0) is 11.0. The van der Waals surface area contributed by atoms with Gasteiger partial charge in [-0.3, -0.25) is 0 Å². The molecule has 78 valence electrons.